The predicted molar refractivity (Wildman–Crippen MR) is 74.6 cm³/mol. The van der Waals surface area contributed by atoms with Gasteiger partial charge >= 0.3 is 0 Å². The first-order valence-electron chi connectivity index (χ1n) is 6.80. The molecule has 3 heteroatoms. The summed E-state index contributed by atoms with van der Waals surface area (Å²) in [6.45, 7) is 5.06. The molecule has 0 aliphatic carbocycles. The van der Waals surface area contributed by atoms with Crippen LogP contribution in [0.4, 0.5) is 5.69 Å². The van der Waals surface area contributed by atoms with Gasteiger partial charge in [0.25, 0.3) is 0 Å². The van der Waals surface area contributed by atoms with Crippen LogP contribution in [0.1, 0.15) is 32.3 Å². The van der Waals surface area contributed by atoms with E-state index in [1.807, 2.05) is 12.1 Å². The van der Waals surface area contributed by atoms with Crippen LogP contribution >= 0.6 is 0 Å². The van der Waals surface area contributed by atoms with Gasteiger partial charge in [-0.3, -0.25) is 4.79 Å². The van der Waals surface area contributed by atoms with Gasteiger partial charge in [0.15, 0.2) is 0 Å². The first-order chi connectivity index (χ1) is 8.69. The minimum atomic E-state index is 0.176. The Morgan fingerprint density at radius 1 is 1.50 bits per heavy atom. The number of fused-ring (bicyclic) bond motifs is 1. The molecular formula is C15H22N2O. The van der Waals surface area contributed by atoms with Gasteiger partial charge < -0.3 is 10.6 Å². The largest absolute Gasteiger partial charge is 0.383 e. The molecule has 0 bridgehead atoms. The van der Waals surface area contributed by atoms with Crippen molar-refractivity contribution in [2.24, 2.45) is 5.92 Å². The summed E-state index contributed by atoms with van der Waals surface area (Å²) in [4.78, 5) is 11.9. The Labute approximate surface area is 109 Å². The average Bonchev–Trinajstić information content (AvgIpc) is 2.38. The molecule has 18 heavy (non-hydrogen) atoms. The van der Waals surface area contributed by atoms with E-state index in [4.69, 9.17) is 0 Å². The molecule has 3 nitrogen and oxygen atoms in total. The highest BCUT2D eigenvalue weighted by Gasteiger charge is 2.19. The maximum absolute atomic E-state index is 11.9. The average molecular weight is 246 g/mol. The zero-order valence-electron chi connectivity index (χ0n) is 11.2. The van der Waals surface area contributed by atoms with E-state index in [0.29, 0.717) is 12.3 Å². The molecule has 98 valence electrons. The van der Waals surface area contributed by atoms with Crippen LogP contribution in [0.2, 0.25) is 0 Å². The van der Waals surface area contributed by atoms with Crippen molar-refractivity contribution in [3.8, 4) is 0 Å². The molecule has 2 rings (SSSR count). The van der Waals surface area contributed by atoms with E-state index < -0.39 is 0 Å². The number of hydrogen-bond donors (Lipinski definition) is 2. The molecule has 1 aliphatic heterocycles. The van der Waals surface area contributed by atoms with Crippen LogP contribution in [0.5, 0.6) is 0 Å². The van der Waals surface area contributed by atoms with Crippen molar-refractivity contribution < 1.29 is 4.79 Å². The van der Waals surface area contributed by atoms with Gasteiger partial charge in [0, 0.05) is 18.7 Å². The van der Waals surface area contributed by atoms with E-state index in [1.165, 1.54) is 11.3 Å². The monoisotopic (exact) mass is 246 g/mol. The Morgan fingerprint density at radius 3 is 3.06 bits per heavy atom. The molecule has 1 aromatic rings. The Balaban J connectivity index is 1.88. The maximum Gasteiger partial charge on any atom is 0.220 e. The first-order valence-corrected chi connectivity index (χ1v) is 6.80. The fraction of sp³-hybridized carbons (Fsp3) is 0.533. The smallest absolute Gasteiger partial charge is 0.220 e. The zero-order valence-corrected chi connectivity index (χ0v) is 11.2. The normalized spacial score (nSPS) is 19.6. The number of nitrogens with one attached hydrogen (secondary N) is 2. The fourth-order valence-electron chi connectivity index (χ4n) is 2.29. The number of hydrogen-bond acceptors (Lipinski definition) is 2. The number of carbonyl (C=O) groups is 1. The molecule has 2 unspecified atom stereocenters. The molecular weight excluding hydrogens is 224 g/mol. The minimum absolute atomic E-state index is 0.176. The molecule has 0 fully saturated rings. The highest BCUT2D eigenvalue weighted by Crippen LogP contribution is 2.21. The van der Waals surface area contributed by atoms with Crippen LogP contribution in [0, 0.1) is 5.92 Å². The zero-order chi connectivity index (χ0) is 13.0. The molecule has 0 saturated heterocycles. The van der Waals surface area contributed by atoms with Crippen molar-refractivity contribution in [3.63, 3.8) is 0 Å². The van der Waals surface area contributed by atoms with Crippen molar-refractivity contribution in [3.05, 3.63) is 29.8 Å². The lowest BCUT2D eigenvalue weighted by atomic mass is 9.99. The fourth-order valence-corrected chi connectivity index (χ4v) is 2.29. The van der Waals surface area contributed by atoms with Crippen LogP contribution < -0.4 is 10.6 Å². The lowest BCUT2D eigenvalue weighted by molar-refractivity contribution is -0.122. The van der Waals surface area contributed by atoms with E-state index in [9.17, 15) is 4.79 Å². The van der Waals surface area contributed by atoms with Gasteiger partial charge in [0.05, 0.1) is 6.04 Å². The summed E-state index contributed by atoms with van der Waals surface area (Å²) in [5.41, 5.74) is 2.49. The Kier molecular flexibility index (Phi) is 4.24. The number of amides is 1. The summed E-state index contributed by atoms with van der Waals surface area (Å²) in [5, 5.41) is 6.49. The summed E-state index contributed by atoms with van der Waals surface area (Å²) in [5.74, 6) is 0.643. The highest BCUT2D eigenvalue weighted by atomic mass is 16.1. The third-order valence-electron chi connectivity index (χ3n) is 3.62. The van der Waals surface area contributed by atoms with Gasteiger partial charge in [-0.15, -0.1) is 0 Å². The number of carbonyl (C=O) groups excluding carboxylic acids is 1. The van der Waals surface area contributed by atoms with Gasteiger partial charge in [0.2, 0.25) is 5.91 Å². The SMILES string of the molecule is CCC(C)CC(=O)NC1CNc2ccccc2C1. The predicted octanol–water partition coefficient (Wildman–Crippen LogP) is 2.58. The van der Waals surface area contributed by atoms with Crippen LogP contribution in [-0.2, 0) is 11.2 Å². The number of para-hydroxylation sites is 1. The van der Waals surface area contributed by atoms with Crippen molar-refractivity contribution in [1.29, 1.82) is 0 Å². The maximum atomic E-state index is 11.9. The lowest BCUT2D eigenvalue weighted by Crippen LogP contribution is -2.43. The van der Waals surface area contributed by atoms with E-state index in [1.54, 1.807) is 0 Å². The standard InChI is InChI=1S/C15H22N2O/c1-3-11(2)8-15(18)17-13-9-12-6-4-5-7-14(12)16-10-13/h4-7,11,13,16H,3,8-10H2,1-2H3,(H,17,18). The van der Waals surface area contributed by atoms with E-state index in [0.717, 1.165) is 19.4 Å². The summed E-state index contributed by atoms with van der Waals surface area (Å²) in [6, 6.07) is 8.51. The molecule has 0 spiro atoms. The summed E-state index contributed by atoms with van der Waals surface area (Å²) >= 11 is 0. The third-order valence-corrected chi connectivity index (χ3v) is 3.62. The van der Waals surface area contributed by atoms with Crippen molar-refractivity contribution >= 4 is 11.6 Å². The lowest BCUT2D eigenvalue weighted by Gasteiger charge is -2.27. The van der Waals surface area contributed by atoms with Crippen LogP contribution in [-0.4, -0.2) is 18.5 Å². The van der Waals surface area contributed by atoms with Crippen LogP contribution in [0.3, 0.4) is 0 Å². The van der Waals surface area contributed by atoms with Gasteiger partial charge in [-0.1, -0.05) is 38.5 Å². The molecule has 0 saturated carbocycles. The molecule has 1 heterocycles. The van der Waals surface area contributed by atoms with Gasteiger partial charge in [-0.05, 0) is 24.0 Å². The molecule has 1 amide bonds. The Hall–Kier alpha value is -1.51. The number of rotatable bonds is 4. The van der Waals surface area contributed by atoms with Crippen LogP contribution in [0.15, 0.2) is 24.3 Å². The minimum Gasteiger partial charge on any atom is -0.383 e. The quantitative estimate of drug-likeness (QED) is 0.857. The van der Waals surface area contributed by atoms with E-state index in [-0.39, 0.29) is 11.9 Å². The van der Waals surface area contributed by atoms with Gasteiger partial charge in [0.1, 0.15) is 0 Å². The van der Waals surface area contributed by atoms with Gasteiger partial charge in [-0.2, -0.15) is 0 Å². The summed E-state index contributed by atoms with van der Waals surface area (Å²) < 4.78 is 0. The first kappa shape index (κ1) is 12.9. The van der Waals surface area contributed by atoms with Crippen molar-refractivity contribution in [1.82, 2.24) is 5.32 Å². The van der Waals surface area contributed by atoms with Crippen molar-refractivity contribution in [2.75, 3.05) is 11.9 Å². The van der Waals surface area contributed by atoms with Crippen molar-refractivity contribution in [2.45, 2.75) is 39.2 Å². The number of anilines is 1. The highest BCUT2D eigenvalue weighted by molar-refractivity contribution is 5.76. The third kappa shape index (κ3) is 3.25. The van der Waals surface area contributed by atoms with E-state index >= 15 is 0 Å². The Bertz CT molecular complexity index is 417. The van der Waals surface area contributed by atoms with Gasteiger partial charge in [-0.25, -0.2) is 0 Å². The summed E-state index contributed by atoms with van der Waals surface area (Å²) in [7, 11) is 0. The molecule has 2 N–H and O–H groups in total. The molecule has 0 radical (unpaired) electrons. The second-order valence-electron chi connectivity index (χ2n) is 5.22. The molecule has 1 aliphatic rings. The molecule has 1 aromatic carbocycles. The van der Waals surface area contributed by atoms with Crippen LogP contribution in [0.25, 0.3) is 0 Å². The second-order valence-corrected chi connectivity index (χ2v) is 5.22. The molecule has 0 aromatic heterocycles. The number of benzene rings is 1. The topological polar surface area (TPSA) is 41.1 Å². The Morgan fingerprint density at radius 2 is 2.28 bits per heavy atom. The summed E-state index contributed by atoms with van der Waals surface area (Å²) in [6.07, 6.45) is 2.61. The second kappa shape index (κ2) is 5.89. The van der Waals surface area contributed by atoms with E-state index in [2.05, 4.69) is 36.6 Å². The molecule has 2 atom stereocenters.